The number of urea groups is 1. The van der Waals surface area contributed by atoms with E-state index in [-0.39, 0.29) is 36.1 Å². The van der Waals surface area contributed by atoms with Crippen LogP contribution in [0.2, 0.25) is 5.02 Å². The highest BCUT2D eigenvalue weighted by atomic mass is 35.5. The third-order valence-corrected chi connectivity index (χ3v) is 10.2. The molecule has 4 aliphatic rings. The number of fused-ring (bicyclic) bond motifs is 2. The zero-order chi connectivity index (χ0) is 28.1. The Balaban J connectivity index is 1.28. The Hall–Kier alpha value is -1.83. The fourth-order valence-electron chi connectivity index (χ4n) is 7.82. The maximum Gasteiger partial charge on any atom is 0.320 e. The van der Waals surface area contributed by atoms with Crippen molar-refractivity contribution in [3.05, 3.63) is 34.9 Å². The molecule has 0 radical (unpaired) electrons. The Kier molecular flexibility index (Phi) is 10.3. The van der Waals surface area contributed by atoms with Crippen molar-refractivity contribution < 1.29 is 14.3 Å². The summed E-state index contributed by atoms with van der Waals surface area (Å²) >= 11 is 6.15. The van der Waals surface area contributed by atoms with Crippen LogP contribution in [0.1, 0.15) is 90.0 Å². The molecule has 7 nitrogen and oxygen atoms in total. The lowest BCUT2D eigenvalue weighted by atomic mass is 9.93. The molecule has 3 amide bonds. The Morgan fingerprint density at radius 2 is 1.50 bits per heavy atom. The maximum absolute atomic E-state index is 14.3. The molecule has 1 aromatic rings. The number of carbonyl (C=O) groups is 2. The minimum atomic E-state index is -0.269. The van der Waals surface area contributed by atoms with Gasteiger partial charge in [-0.2, -0.15) is 0 Å². The van der Waals surface area contributed by atoms with Gasteiger partial charge < -0.3 is 24.8 Å². The highest BCUT2D eigenvalue weighted by Gasteiger charge is 2.47. The van der Waals surface area contributed by atoms with E-state index in [9.17, 15) is 9.59 Å². The van der Waals surface area contributed by atoms with E-state index in [1.165, 1.54) is 19.3 Å². The van der Waals surface area contributed by atoms with Crippen molar-refractivity contribution in [3.63, 3.8) is 0 Å². The van der Waals surface area contributed by atoms with Gasteiger partial charge in [0.05, 0.1) is 6.04 Å². The molecule has 4 fully saturated rings. The van der Waals surface area contributed by atoms with Crippen LogP contribution in [0.3, 0.4) is 0 Å². The van der Waals surface area contributed by atoms with E-state index in [1.807, 2.05) is 24.3 Å². The molecule has 222 valence electrons. The summed E-state index contributed by atoms with van der Waals surface area (Å²) in [6.45, 7) is 7.22. The van der Waals surface area contributed by atoms with Gasteiger partial charge in [0.2, 0.25) is 5.91 Å². The molecule has 3 aliphatic heterocycles. The van der Waals surface area contributed by atoms with Crippen molar-refractivity contribution in [1.29, 1.82) is 0 Å². The van der Waals surface area contributed by atoms with Crippen molar-refractivity contribution in [2.45, 2.75) is 127 Å². The molecule has 1 N–H and O–H groups in total. The summed E-state index contributed by atoms with van der Waals surface area (Å²) in [5, 5.41) is 4.44. The van der Waals surface area contributed by atoms with E-state index >= 15 is 0 Å². The van der Waals surface area contributed by atoms with Gasteiger partial charge in [-0.15, -0.1) is 0 Å². The quantitative estimate of drug-likeness (QED) is 0.416. The molecule has 3 atom stereocenters. The second-order valence-electron chi connectivity index (χ2n) is 12.3. The lowest BCUT2D eigenvalue weighted by Crippen LogP contribution is -2.60. The number of amides is 3. The second-order valence-corrected chi connectivity index (χ2v) is 12.8. The topological polar surface area (TPSA) is 65.1 Å². The van der Waals surface area contributed by atoms with Crippen LogP contribution in [0.5, 0.6) is 0 Å². The van der Waals surface area contributed by atoms with Crippen LogP contribution in [-0.4, -0.2) is 89.2 Å². The number of rotatable bonds is 9. The third-order valence-electron chi connectivity index (χ3n) is 9.90. The van der Waals surface area contributed by atoms with Crippen LogP contribution >= 0.6 is 11.6 Å². The first-order valence-electron chi connectivity index (χ1n) is 16.0. The zero-order valence-electron chi connectivity index (χ0n) is 24.5. The Morgan fingerprint density at radius 1 is 0.900 bits per heavy atom. The number of hydrogen-bond acceptors (Lipinski definition) is 4. The lowest BCUT2D eigenvalue weighted by molar-refractivity contribution is -0.139. The summed E-state index contributed by atoms with van der Waals surface area (Å²) in [5.74, 6) is 0.221. The average Bonchev–Trinajstić information content (AvgIpc) is 3.24. The molecule has 0 spiro atoms. The first kappa shape index (κ1) is 29.7. The van der Waals surface area contributed by atoms with E-state index in [1.54, 1.807) is 0 Å². The van der Waals surface area contributed by atoms with E-state index in [2.05, 4.69) is 33.9 Å². The summed E-state index contributed by atoms with van der Waals surface area (Å²) in [6, 6.07) is 9.10. The number of hydrogen-bond donors (Lipinski definition) is 1. The number of benzene rings is 1. The molecule has 1 aromatic carbocycles. The number of carbonyl (C=O) groups excluding carboxylic acids is 2. The van der Waals surface area contributed by atoms with Crippen LogP contribution in [0, 0.1) is 0 Å². The predicted octanol–water partition coefficient (Wildman–Crippen LogP) is 5.64. The molecular formula is C32H49ClN4O3. The maximum atomic E-state index is 14.3. The Bertz CT molecular complexity index is 965. The summed E-state index contributed by atoms with van der Waals surface area (Å²) in [7, 11) is 0. The molecule has 3 heterocycles. The normalized spacial score (nSPS) is 26.5. The fraction of sp³-hybridized carbons (Fsp3) is 0.750. The van der Waals surface area contributed by atoms with E-state index in [4.69, 9.17) is 16.3 Å². The number of ether oxygens (including phenoxy) is 1. The highest BCUT2D eigenvalue weighted by Crippen LogP contribution is 2.39. The van der Waals surface area contributed by atoms with Crippen LogP contribution in [0.15, 0.2) is 24.3 Å². The van der Waals surface area contributed by atoms with Gasteiger partial charge in [-0.1, -0.05) is 43.0 Å². The van der Waals surface area contributed by atoms with Gasteiger partial charge in [0.15, 0.2) is 0 Å². The molecule has 3 saturated heterocycles. The van der Waals surface area contributed by atoms with Crippen molar-refractivity contribution >= 4 is 23.5 Å². The summed E-state index contributed by atoms with van der Waals surface area (Å²) in [5.41, 5.74) is 1.12. The third kappa shape index (κ3) is 6.79. The van der Waals surface area contributed by atoms with Gasteiger partial charge in [0.1, 0.15) is 0 Å². The lowest BCUT2D eigenvalue weighted by Gasteiger charge is -2.46. The van der Waals surface area contributed by atoms with Gasteiger partial charge in [-0.25, -0.2) is 4.79 Å². The number of halogens is 1. The summed E-state index contributed by atoms with van der Waals surface area (Å²) in [4.78, 5) is 34.6. The molecule has 1 saturated carbocycles. The van der Waals surface area contributed by atoms with Crippen molar-refractivity contribution in [2.75, 3.05) is 26.3 Å². The zero-order valence-corrected chi connectivity index (χ0v) is 25.3. The molecule has 2 bridgehead atoms. The summed E-state index contributed by atoms with van der Waals surface area (Å²) in [6.07, 6.45) is 12.3. The van der Waals surface area contributed by atoms with E-state index in [0.29, 0.717) is 23.5 Å². The number of piperidine rings is 1. The monoisotopic (exact) mass is 572 g/mol. The van der Waals surface area contributed by atoms with Crippen LogP contribution < -0.4 is 5.32 Å². The second kappa shape index (κ2) is 13.9. The fourth-order valence-corrected chi connectivity index (χ4v) is 7.95. The van der Waals surface area contributed by atoms with Gasteiger partial charge >= 0.3 is 6.03 Å². The van der Waals surface area contributed by atoms with Gasteiger partial charge in [-0.3, -0.25) is 4.79 Å². The number of nitrogens with one attached hydrogen (secondary N) is 1. The molecule has 0 aromatic heterocycles. The van der Waals surface area contributed by atoms with Crippen LogP contribution in [0.25, 0.3) is 0 Å². The largest absolute Gasteiger partial charge is 0.381 e. The van der Waals surface area contributed by atoms with Gasteiger partial charge in [0.25, 0.3) is 0 Å². The molecule has 2 unspecified atom stereocenters. The predicted molar refractivity (Wildman–Crippen MR) is 160 cm³/mol. The molecular weight excluding hydrogens is 524 g/mol. The van der Waals surface area contributed by atoms with E-state index < -0.39 is 0 Å². The Morgan fingerprint density at radius 3 is 2.10 bits per heavy atom. The molecule has 40 heavy (non-hydrogen) atoms. The van der Waals surface area contributed by atoms with Gasteiger partial charge in [-0.05, 0) is 89.3 Å². The average molecular weight is 573 g/mol. The van der Waals surface area contributed by atoms with Crippen LogP contribution in [0.4, 0.5) is 4.79 Å². The van der Waals surface area contributed by atoms with Crippen LogP contribution in [-0.2, 0) is 16.0 Å². The van der Waals surface area contributed by atoms with Gasteiger partial charge in [0, 0.05) is 61.5 Å². The minimum Gasteiger partial charge on any atom is -0.381 e. The SMILES string of the molecule is CCN(C(=O)N(CC)C1CC2CCC(C1)N2C(=O)[C@@H](Cc1ccc(Cl)cc1)NC1CCOCC1)C1CCCCC1. The first-order chi connectivity index (χ1) is 19.5. The van der Waals surface area contributed by atoms with Crippen molar-refractivity contribution in [3.8, 4) is 0 Å². The number of nitrogens with zero attached hydrogens (tertiary/aromatic N) is 3. The summed E-state index contributed by atoms with van der Waals surface area (Å²) < 4.78 is 5.58. The smallest absolute Gasteiger partial charge is 0.320 e. The molecule has 8 heteroatoms. The Labute approximate surface area is 245 Å². The highest BCUT2D eigenvalue weighted by molar-refractivity contribution is 6.30. The van der Waals surface area contributed by atoms with Crippen molar-refractivity contribution in [1.82, 2.24) is 20.0 Å². The standard InChI is InChI=1S/C32H49ClN4O3/c1-3-35(26-8-6-5-7-9-26)32(39)36(4-2)29-21-27-14-15-28(22-29)37(27)31(38)30(34-25-16-18-40-19-17-25)20-23-10-12-24(33)13-11-23/h10-13,25-30,34H,3-9,14-22H2,1-2H3/t27?,28?,29?,30-/m1/s1. The molecule has 5 rings (SSSR count). The van der Waals surface area contributed by atoms with Crippen molar-refractivity contribution in [2.24, 2.45) is 0 Å². The minimum absolute atomic E-state index is 0.201. The first-order valence-corrected chi connectivity index (χ1v) is 16.3. The molecule has 1 aliphatic carbocycles. The van der Waals surface area contributed by atoms with E-state index in [0.717, 1.165) is 83.2 Å².